The molecule has 32 heavy (non-hydrogen) atoms. The second-order valence-corrected chi connectivity index (χ2v) is 8.12. The van der Waals surface area contributed by atoms with E-state index in [4.69, 9.17) is 0 Å². The van der Waals surface area contributed by atoms with Gasteiger partial charge in [0.1, 0.15) is 23.7 Å². The average molecular weight is 442 g/mol. The van der Waals surface area contributed by atoms with Gasteiger partial charge in [-0.05, 0) is 43.7 Å². The summed E-state index contributed by atoms with van der Waals surface area (Å²) < 4.78 is 14.1. The number of rotatable bonds is 7. The van der Waals surface area contributed by atoms with E-state index in [1.165, 1.54) is 23.1 Å². The number of amides is 3. The average Bonchev–Trinajstić information content (AvgIpc) is 3.17. The van der Waals surface area contributed by atoms with Crippen molar-refractivity contribution in [2.45, 2.75) is 45.3 Å². The van der Waals surface area contributed by atoms with E-state index in [1.54, 1.807) is 38.4 Å². The molecule has 0 saturated carbocycles. The van der Waals surface area contributed by atoms with Gasteiger partial charge in [-0.15, -0.1) is 0 Å². The fourth-order valence-corrected chi connectivity index (χ4v) is 3.57. The lowest BCUT2D eigenvalue weighted by atomic mass is 10.0. The number of aromatic nitrogens is 1. The summed E-state index contributed by atoms with van der Waals surface area (Å²) in [6.45, 7) is 5.32. The van der Waals surface area contributed by atoms with Crippen molar-refractivity contribution < 1.29 is 18.8 Å². The first-order chi connectivity index (χ1) is 15.2. The van der Waals surface area contributed by atoms with E-state index in [9.17, 15) is 18.8 Å². The first-order valence-electron chi connectivity index (χ1n) is 10.5. The molecule has 0 bridgehead atoms. The van der Waals surface area contributed by atoms with Gasteiger partial charge in [0.05, 0.1) is 11.7 Å². The van der Waals surface area contributed by atoms with Gasteiger partial charge in [0.15, 0.2) is 0 Å². The molecule has 0 aliphatic carbocycles. The number of hydrogen-bond donors (Lipinski definition) is 3. The molecule has 3 amide bonds. The number of anilines is 2. The van der Waals surface area contributed by atoms with Gasteiger partial charge in [0.25, 0.3) is 5.91 Å². The number of benzene rings is 1. The van der Waals surface area contributed by atoms with Crippen molar-refractivity contribution in [3.8, 4) is 0 Å². The van der Waals surface area contributed by atoms with Crippen LogP contribution >= 0.6 is 0 Å². The van der Waals surface area contributed by atoms with Crippen molar-refractivity contribution in [2.75, 3.05) is 17.3 Å². The highest BCUT2D eigenvalue weighted by atomic mass is 19.1. The van der Waals surface area contributed by atoms with Crippen LogP contribution in [0.2, 0.25) is 0 Å². The molecule has 0 fully saturated rings. The molecule has 9 heteroatoms. The molecule has 3 N–H and O–H groups in total. The Hall–Kier alpha value is -3.33. The van der Waals surface area contributed by atoms with Crippen LogP contribution in [0.3, 0.4) is 0 Å². The quantitative estimate of drug-likeness (QED) is 0.609. The minimum absolute atomic E-state index is 0.0328. The molecule has 0 spiro atoms. The zero-order valence-corrected chi connectivity index (χ0v) is 18.6. The second-order valence-electron chi connectivity index (χ2n) is 8.12. The molecule has 1 aliphatic rings. The molecule has 1 aromatic carbocycles. The largest absolute Gasteiger partial charge is 0.343 e. The van der Waals surface area contributed by atoms with E-state index in [0.717, 1.165) is 5.56 Å². The van der Waals surface area contributed by atoms with Crippen molar-refractivity contribution in [3.05, 3.63) is 54.0 Å². The summed E-state index contributed by atoms with van der Waals surface area (Å²) in [6, 6.07) is 7.08. The number of carbonyl (C=O) groups excluding carboxylic acids is 3. The van der Waals surface area contributed by atoms with Gasteiger partial charge in [-0.3, -0.25) is 19.3 Å². The summed E-state index contributed by atoms with van der Waals surface area (Å²) in [5, 5.41) is 8.20. The predicted octanol–water partition coefficient (Wildman–Crippen LogP) is 1.87. The van der Waals surface area contributed by atoms with Crippen molar-refractivity contribution in [3.63, 3.8) is 0 Å². The molecule has 1 unspecified atom stereocenters. The maximum atomic E-state index is 14.1. The Kier molecular flexibility index (Phi) is 7.19. The molecular formula is C23H28FN5O3. The number of hydrogen-bond acceptors (Lipinski definition) is 5. The van der Waals surface area contributed by atoms with E-state index in [2.05, 4.69) is 20.9 Å². The Morgan fingerprint density at radius 2 is 1.84 bits per heavy atom. The van der Waals surface area contributed by atoms with Crippen LogP contribution in [0.5, 0.6) is 0 Å². The molecule has 0 radical (unpaired) electrons. The topological polar surface area (TPSA) is 103 Å². The number of likely N-dealkylation sites (N-methyl/N-ethyl adjacent to an activating group) is 1. The molecular weight excluding hydrogens is 413 g/mol. The van der Waals surface area contributed by atoms with E-state index >= 15 is 0 Å². The van der Waals surface area contributed by atoms with Crippen molar-refractivity contribution in [1.29, 1.82) is 0 Å². The van der Waals surface area contributed by atoms with Crippen molar-refractivity contribution in [2.24, 2.45) is 5.92 Å². The lowest BCUT2D eigenvalue weighted by molar-refractivity contribution is -0.130. The molecule has 8 nitrogen and oxygen atoms in total. The second kappa shape index (κ2) is 9.86. The van der Waals surface area contributed by atoms with Crippen LogP contribution < -0.4 is 20.9 Å². The van der Waals surface area contributed by atoms with Gasteiger partial charge in [0, 0.05) is 12.6 Å². The summed E-state index contributed by atoms with van der Waals surface area (Å²) >= 11 is 0. The number of pyridine rings is 1. The summed E-state index contributed by atoms with van der Waals surface area (Å²) in [7, 11) is 1.65. The highest BCUT2D eigenvalue weighted by Crippen LogP contribution is 2.32. The maximum Gasteiger partial charge on any atom is 0.251 e. The molecule has 3 atom stereocenters. The van der Waals surface area contributed by atoms with Gasteiger partial charge in [-0.1, -0.05) is 32.0 Å². The van der Waals surface area contributed by atoms with Crippen molar-refractivity contribution >= 4 is 29.2 Å². The van der Waals surface area contributed by atoms with Crippen LogP contribution in [-0.2, 0) is 20.8 Å². The van der Waals surface area contributed by atoms with Crippen LogP contribution in [0.25, 0.3) is 0 Å². The summed E-state index contributed by atoms with van der Waals surface area (Å²) in [4.78, 5) is 44.9. The van der Waals surface area contributed by atoms with Crippen LogP contribution in [0.1, 0.15) is 26.3 Å². The minimum Gasteiger partial charge on any atom is -0.343 e. The summed E-state index contributed by atoms with van der Waals surface area (Å²) in [5.41, 5.74) is 0.761. The Labute approximate surface area is 186 Å². The van der Waals surface area contributed by atoms with E-state index < -0.39 is 35.8 Å². The SMILES string of the molecule is CN[C@@H](C)C(=O)N[C@H](C(=O)N1c2ncccc2CC1C(=O)Nc1ccccc1F)C(C)C. The van der Waals surface area contributed by atoms with E-state index in [0.29, 0.717) is 5.82 Å². The van der Waals surface area contributed by atoms with Crippen LogP contribution in [0.15, 0.2) is 42.6 Å². The fraction of sp³-hybridized carbons (Fsp3) is 0.391. The van der Waals surface area contributed by atoms with Gasteiger partial charge < -0.3 is 16.0 Å². The lowest BCUT2D eigenvalue weighted by Gasteiger charge is -2.31. The van der Waals surface area contributed by atoms with Gasteiger partial charge >= 0.3 is 0 Å². The number of para-hydroxylation sites is 1. The molecule has 2 heterocycles. The predicted molar refractivity (Wildman–Crippen MR) is 120 cm³/mol. The monoisotopic (exact) mass is 441 g/mol. The standard InChI is InChI=1S/C23H28FN5O3/c1-13(2)19(28-21(30)14(3)25-4)23(32)29-18(12-15-8-7-11-26-20(15)29)22(31)27-17-10-6-5-9-16(17)24/h5-11,13-14,18-19,25H,12H2,1-4H3,(H,27,31)(H,28,30)/t14-,18?,19-/m0/s1. The number of nitrogens with one attached hydrogen (secondary N) is 3. The van der Waals surface area contributed by atoms with Crippen LogP contribution in [-0.4, -0.2) is 47.9 Å². The van der Waals surface area contributed by atoms with E-state index in [-0.39, 0.29) is 23.9 Å². The Bertz CT molecular complexity index is 1010. The Morgan fingerprint density at radius 3 is 2.50 bits per heavy atom. The van der Waals surface area contributed by atoms with Gasteiger partial charge in [0.2, 0.25) is 11.8 Å². The molecule has 1 aromatic heterocycles. The third-order valence-corrected chi connectivity index (χ3v) is 5.55. The molecule has 0 saturated heterocycles. The molecule has 170 valence electrons. The molecule has 1 aliphatic heterocycles. The van der Waals surface area contributed by atoms with Crippen molar-refractivity contribution in [1.82, 2.24) is 15.6 Å². The number of fused-ring (bicyclic) bond motifs is 1. The first kappa shape index (κ1) is 23.3. The fourth-order valence-electron chi connectivity index (χ4n) is 3.57. The van der Waals surface area contributed by atoms with Gasteiger partial charge in [-0.25, -0.2) is 9.37 Å². The maximum absolute atomic E-state index is 14.1. The minimum atomic E-state index is -0.924. The zero-order valence-electron chi connectivity index (χ0n) is 18.6. The molecule has 3 rings (SSSR count). The number of halogens is 1. The summed E-state index contributed by atoms with van der Waals surface area (Å²) in [5.74, 6) is -1.74. The highest BCUT2D eigenvalue weighted by molar-refractivity contribution is 6.09. The summed E-state index contributed by atoms with van der Waals surface area (Å²) in [6.07, 6.45) is 1.78. The van der Waals surface area contributed by atoms with Gasteiger partial charge in [-0.2, -0.15) is 0 Å². The Balaban J connectivity index is 1.91. The first-order valence-corrected chi connectivity index (χ1v) is 10.5. The third kappa shape index (κ3) is 4.77. The Morgan fingerprint density at radius 1 is 1.12 bits per heavy atom. The molecule has 2 aromatic rings. The smallest absolute Gasteiger partial charge is 0.251 e. The zero-order chi connectivity index (χ0) is 23.4. The third-order valence-electron chi connectivity index (χ3n) is 5.55. The number of nitrogens with zero attached hydrogens (tertiary/aromatic N) is 2. The number of carbonyl (C=O) groups is 3. The highest BCUT2D eigenvalue weighted by Gasteiger charge is 2.43. The normalized spacial score (nSPS) is 16.9. The van der Waals surface area contributed by atoms with E-state index in [1.807, 2.05) is 13.8 Å². The lowest BCUT2D eigenvalue weighted by Crippen LogP contribution is -2.57. The van der Waals surface area contributed by atoms with Crippen LogP contribution in [0.4, 0.5) is 15.9 Å². The van der Waals surface area contributed by atoms with Crippen LogP contribution in [0, 0.1) is 11.7 Å².